The van der Waals surface area contributed by atoms with Crippen LogP contribution in [-0.4, -0.2) is 19.2 Å². The van der Waals surface area contributed by atoms with Crippen molar-refractivity contribution in [2.45, 2.75) is 0 Å². The van der Waals surface area contributed by atoms with Crippen molar-refractivity contribution in [3.8, 4) is 5.75 Å². The molecule has 0 aliphatic rings. The van der Waals surface area contributed by atoms with Crippen LogP contribution < -0.4 is 15.8 Å². The Bertz CT molecular complexity index is 976. The van der Waals surface area contributed by atoms with E-state index < -0.39 is 11.5 Å². The quantitative estimate of drug-likeness (QED) is 0.455. The number of carbonyl (C=O) groups excluding carboxylic acids is 1. The van der Waals surface area contributed by atoms with Gasteiger partial charge in [-0.1, -0.05) is 30.3 Å². The molecule has 1 N–H and O–H groups in total. The molecule has 0 fully saturated rings. The normalized spacial score (nSPS) is 10.9. The third-order valence-electron chi connectivity index (χ3n) is 3.39. The average Bonchev–Trinajstić information content (AvgIpc) is 2.61. The highest BCUT2D eigenvalue weighted by Gasteiger charge is 2.12. The number of fused-ring (bicyclic) bond motifs is 1. The summed E-state index contributed by atoms with van der Waals surface area (Å²) in [4.78, 5) is 24.0. The number of rotatable bonds is 4. The lowest BCUT2D eigenvalue weighted by molar-refractivity contribution is 0.0951. The lowest BCUT2D eigenvalue weighted by Gasteiger charge is -2.03. The van der Waals surface area contributed by atoms with Crippen molar-refractivity contribution in [1.82, 2.24) is 5.43 Å². The monoisotopic (exact) mass is 322 g/mol. The SMILES string of the molecule is COc1ccccc1/C=N/NC(=O)c1cc2ccccc2oc1=O. The molecule has 0 saturated carbocycles. The van der Waals surface area contributed by atoms with Crippen molar-refractivity contribution in [3.63, 3.8) is 0 Å². The number of hydrazone groups is 1. The minimum Gasteiger partial charge on any atom is -0.496 e. The fourth-order valence-corrected chi connectivity index (χ4v) is 2.21. The van der Waals surface area contributed by atoms with Gasteiger partial charge in [-0.3, -0.25) is 4.79 Å². The number of hydrogen-bond donors (Lipinski definition) is 1. The van der Waals surface area contributed by atoms with Crippen molar-refractivity contribution in [2.24, 2.45) is 5.10 Å². The lowest BCUT2D eigenvalue weighted by atomic mass is 10.2. The Morgan fingerprint density at radius 1 is 1.17 bits per heavy atom. The average molecular weight is 322 g/mol. The Hall–Kier alpha value is -3.41. The zero-order valence-electron chi connectivity index (χ0n) is 12.9. The summed E-state index contributed by atoms with van der Waals surface area (Å²) in [6, 6.07) is 15.7. The minimum absolute atomic E-state index is 0.106. The van der Waals surface area contributed by atoms with E-state index in [9.17, 15) is 9.59 Å². The zero-order valence-corrected chi connectivity index (χ0v) is 12.9. The van der Waals surface area contributed by atoms with E-state index in [1.54, 1.807) is 43.5 Å². The number of nitrogens with one attached hydrogen (secondary N) is 1. The van der Waals surface area contributed by atoms with E-state index in [0.29, 0.717) is 22.3 Å². The van der Waals surface area contributed by atoms with Crippen LogP contribution in [0.15, 0.2) is 68.9 Å². The molecule has 6 heteroatoms. The molecule has 1 heterocycles. The summed E-state index contributed by atoms with van der Waals surface area (Å²) in [6.07, 6.45) is 1.44. The third-order valence-corrected chi connectivity index (χ3v) is 3.39. The molecule has 0 radical (unpaired) electrons. The first kappa shape index (κ1) is 15.5. The summed E-state index contributed by atoms with van der Waals surface area (Å²) in [6.45, 7) is 0. The maximum atomic E-state index is 12.1. The molecule has 0 spiro atoms. The first-order valence-electron chi connectivity index (χ1n) is 7.18. The summed E-state index contributed by atoms with van der Waals surface area (Å²) in [7, 11) is 1.55. The Morgan fingerprint density at radius 2 is 1.92 bits per heavy atom. The molecule has 6 nitrogen and oxygen atoms in total. The predicted molar refractivity (Wildman–Crippen MR) is 90.5 cm³/mol. The molecule has 0 bridgehead atoms. The molecule has 3 aromatic rings. The smallest absolute Gasteiger partial charge is 0.349 e. The second-order valence-corrected chi connectivity index (χ2v) is 4.93. The van der Waals surface area contributed by atoms with Gasteiger partial charge in [0.05, 0.1) is 13.3 Å². The topological polar surface area (TPSA) is 80.9 Å². The largest absolute Gasteiger partial charge is 0.496 e. The van der Waals surface area contributed by atoms with Crippen LogP contribution in [0, 0.1) is 0 Å². The van der Waals surface area contributed by atoms with E-state index in [0.717, 1.165) is 0 Å². The van der Waals surface area contributed by atoms with Crippen LogP contribution in [0.2, 0.25) is 0 Å². The van der Waals surface area contributed by atoms with E-state index >= 15 is 0 Å². The second kappa shape index (κ2) is 6.78. The number of hydrogen-bond acceptors (Lipinski definition) is 5. The molecule has 1 amide bonds. The molecular weight excluding hydrogens is 308 g/mol. The standard InChI is InChI=1S/C18H14N2O4/c1-23-15-8-4-3-7-13(15)11-19-20-17(21)14-10-12-6-2-5-9-16(12)24-18(14)22/h2-11H,1H3,(H,20,21)/b19-11+. The first-order chi connectivity index (χ1) is 11.7. The van der Waals surface area contributed by atoms with E-state index in [-0.39, 0.29) is 5.56 Å². The second-order valence-electron chi connectivity index (χ2n) is 4.93. The van der Waals surface area contributed by atoms with E-state index in [4.69, 9.17) is 9.15 Å². The molecule has 24 heavy (non-hydrogen) atoms. The molecular formula is C18H14N2O4. The number of para-hydroxylation sites is 2. The van der Waals surface area contributed by atoms with Gasteiger partial charge in [0.25, 0.3) is 5.91 Å². The molecule has 0 aliphatic carbocycles. The van der Waals surface area contributed by atoms with Gasteiger partial charge in [-0.05, 0) is 24.3 Å². The maximum absolute atomic E-state index is 12.1. The Kier molecular flexibility index (Phi) is 4.38. The molecule has 3 rings (SSSR count). The highest BCUT2D eigenvalue weighted by atomic mass is 16.5. The molecule has 2 aromatic carbocycles. The molecule has 0 saturated heterocycles. The third kappa shape index (κ3) is 3.17. The highest BCUT2D eigenvalue weighted by molar-refractivity contribution is 5.97. The summed E-state index contributed by atoms with van der Waals surface area (Å²) in [5.41, 5.74) is 2.63. The van der Waals surface area contributed by atoms with E-state index in [1.165, 1.54) is 12.3 Å². The highest BCUT2D eigenvalue weighted by Crippen LogP contribution is 2.15. The van der Waals surface area contributed by atoms with Crippen LogP contribution in [0.4, 0.5) is 0 Å². The molecule has 0 atom stereocenters. The molecule has 120 valence electrons. The van der Waals surface area contributed by atoms with Gasteiger partial charge < -0.3 is 9.15 Å². The first-order valence-corrected chi connectivity index (χ1v) is 7.18. The minimum atomic E-state index is -0.710. The Balaban J connectivity index is 1.81. The van der Waals surface area contributed by atoms with Gasteiger partial charge in [-0.15, -0.1) is 0 Å². The summed E-state index contributed by atoms with van der Waals surface area (Å²) in [5.74, 6) is -0.0126. The van der Waals surface area contributed by atoms with Crippen molar-refractivity contribution >= 4 is 23.1 Å². The van der Waals surface area contributed by atoms with Gasteiger partial charge >= 0.3 is 5.63 Å². The van der Waals surface area contributed by atoms with Gasteiger partial charge in [-0.25, -0.2) is 10.2 Å². The van der Waals surface area contributed by atoms with Crippen LogP contribution >= 0.6 is 0 Å². The van der Waals surface area contributed by atoms with Crippen molar-refractivity contribution < 1.29 is 13.9 Å². The lowest BCUT2D eigenvalue weighted by Crippen LogP contribution is -2.24. The molecule has 0 unspecified atom stereocenters. The fraction of sp³-hybridized carbons (Fsp3) is 0.0556. The van der Waals surface area contributed by atoms with E-state index in [2.05, 4.69) is 10.5 Å². The van der Waals surface area contributed by atoms with Crippen LogP contribution in [0.1, 0.15) is 15.9 Å². The molecule has 0 aliphatic heterocycles. The van der Waals surface area contributed by atoms with Crippen LogP contribution in [0.3, 0.4) is 0 Å². The predicted octanol–water partition coefficient (Wildman–Crippen LogP) is 2.57. The maximum Gasteiger partial charge on any atom is 0.349 e. The van der Waals surface area contributed by atoms with Crippen LogP contribution in [0.25, 0.3) is 11.0 Å². The molecule has 1 aromatic heterocycles. The number of benzene rings is 2. The summed E-state index contributed by atoms with van der Waals surface area (Å²) >= 11 is 0. The Labute approximate surface area is 137 Å². The number of methoxy groups -OCH3 is 1. The van der Waals surface area contributed by atoms with E-state index in [1.807, 2.05) is 12.1 Å². The summed E-state index contributed by atoms with van der Waals surface area (Å²) in [5, 5.41) is 4.53. The number of nitrogens with zero attached hydrogens (tertiary/aromatic N) is 1. The van der Waals surface area contributed by atoms with Gasteiger partial charge in [-0.2, -0.15) is 5.10 Å². The zero-order chi connectivity index (χ0) is 16.9. The van der Waals surface area contributed by atoms with Gasteiger partial charge in [0.1, 0.15) is 16.9 Å². The van der Waals surface area contributed by atoms with Gasteiger partial charge in [0.2, 0.25) is 0 Å². The van der Waals surface area contributed by atoms with Crippen molar-refractivity contribution in [2.75, 3.05) is 7.11 Å². The van der Waals surface area contributed by atoms with Crippen molar-refractivity contribution in [1.29, 1.82) is 0 Å². The number of carbonyl (C=O) groups is 1. The summed E-state index contributed by atoms with van der Waals surface area (Å²) < 4.78 is 10.3. The number of amides is 1. The van der Waals surface area contributed by atoms with Crippen molar-refractivity contribution in [3.05, 3.63) is 76.1 Å². The van der Waals surface area contributed by atoms with Crippen LogP contribution in [0.5, 0.6) is 5.75 Å². The van der Waals surface area contributed by atoms with Crippen LogP contribution in [-0.2, 0) is 0 Å². The van der Waals surface area contributed by atoms with Gasteiger partial charge in [0, 0.05) is 10.9 Å². The van der Waals surface area contributed by atoms with Gasteiger partial charge in [0.15, 0.2) is 0 Å². The number of ether oxygens (including phenoxy) is 1. The Morgan fingerprint density at radius 3 is 2.75 bits per heavy atom. The fourth-order valence-electron chi connectivity index (χ4n) is 2.21.